The molecule has 8 nitrogen and oxygen atoms in total. The van der Waals surface area contributed by atoms with Crippen molar-refractivity contribution in [3.63, 3.8) is 0 Å². The molecule has 2 heterocycles. The van der Waals surface area contributed by atoms with E-state index in [1.807, 2.05) is 24.9 Å². The number of rotatable bonds is 4. The maximum Gasteiger partial charge on any atom is 0.353 e. The molecule has 0 spiro atoms. The second-order valence-corrected chi connectivity index (χ2v) is 6.46. The molecule has 1 saturated heterocycles. The number of nitrogens with zero attached hydrogens (tertiary/aromatic N) is 5. The van der Waals surface area contributed by atoms with E-state index in [-0.39, 0.29) is 11.5 Å². The SMILES string of the molecule is Cc1ccc(Cl)cc1Nc1ncnc(N2CCN(C)CC2)c1[N+](=O)[O-]. The molecule has 1 N–H and O–H groups in total. The number of likely N-dealkylation sites (N-methyl/N-ethyl adjacent to an activating group) is 1. The lowest BCUT2D eigenvalue weighted by atomic mass is 10.2. The number of anilines is 3. The molecule has 9 heteroatoms. The number of piperazine rings is 1. The van der Waals surface area contributed by atoms with Gasteiger partial charge in [-0.2, -0.15) is 0 Å². The second kappa shape index (κ2) is 7.20. The third kappa shape index (κ3) is 3.80. The van der Waals surface area contributed by atoms with Gasteiger partial charge in [0.05, 0.1) is 4.92 Å². The summed E-state index contributed by atoms with van der Waals surface area (Å²) in [5.41, 5.74) is 1.48. The van der Waals surface area contributed by atoms with Crippen molar-refractivity contribution in [3.05, 3.63) is 45.2 Å². The number of nitrogens with one attached hydrogen (secondary N) is 1. The third-order valence-electron chi connectivity index (χ3n) is 4.24. The van der Waals surface area contributed by atoms with Crippen molar-refractivity contribution in [3.8, 4) is 0 Å². The first-order valence-corrected chi connectivity index (χ1v) is 8.29. The zero-order valence-corrected chi connectivity index (χ0v) is 14.8. The smallest absolute Gasteiger partial charge is 0.348 e. The minimum atomic E-state index is -0.435. The number of nitro groups is 1. The van der Waals surface area contributed by atoms with Gasteiger partial charge >= 0.3 is 5.69 Å². The van der Waals surface area contributed by atoms with E-state index in [2.05, 4.69) is 20.2 Å². The van der Waals surface area contributed by atoms with Crippen molar-refractivity contribution in [1.82, 2.24) is 14.9 Å². The zero-order valence-electron chi connectivity index (χ0n) is 14.1. The number of hydrogen-bond acceptors (Lipinski definition) is 7. The van der Waals surface area contributed by atoms with Crippen LogP contribution in [0.2, 0.25) is 5.02 Å². The Morgan fingerprint density at radius 3 is 2.64 bits per heavy atom. The highest BCUT2D eigenvalue weighted by Crippen LogP contribution is 2.35. The Bertz CT molecular complexity index is 792. The van der Waals surface area contributed by atoms with Crippen LogP contribution in [0.3, 0.4) is 0 Å². The average molecular weight is 363 g/mol. The van der Waals surface area contributed by atoms with E-state index in [0.717, 1.165) is 18.7 Å². The van der Waals surface area contributed by atoms with Crippen molar-refractivity contribution in [2.24, 2.45) is 0 Å². The molecule has 0 aliphatic carbocycles. The average Bonchev–Trinajstić information content (AvgIpc) is 2.58. The molecule has 132 valence electrons. The number of hydrogen-bond donors (Lipinski definition) is 1. The van der Waals surface area contributed by atoms with E-state index in [4.69, 9.17) is 11.6 Å². The summed E-state index contributed by atoms with van der Waals surface area (Å²) in [6.07, 6.45) is 1.35. The fourth-order valence-electron chi connectivity index (χ4n) is 2.74. The first kappa shape index (κ1) is 17.4. The Morgan fingerprint density at radius 2 is 1.96 bits per heavy atom. The molecule has 0 amide bonds. The zero-order chi connectivity index (χ0) is 18.0. The standard InChI is InChI=1S/C16H19ClN6O2/c1-11-3-4-12(17)9-13(11)20-15-14(23(24)25)16(19-10-18-15)22-7-5-21(2)6-8-22/h3-4,9-10H,5-8H2,1-2H3,(H,18,19,20). The predicted octanol–water partition coefficient (Wildman–Crippen LogP) is 2.84. The number of benzene rings is 1. The molecule has 1 aromatic carbocycles. The molecule has 0 unspecified atom stereocenters. The van der Waals surface area contributed by atoms with Crippen molar-refractivity contribution < 1.29 is 4.92 Å². The quantitative estimate of drug-likeness (QED) is 0.660. The summed E-state index contributed by atoms with van der Waals surface area (Å²) in [6, 6.07) is 5.34. The first-order chi connectivity index (χ1) is 12.0. The van der Waals surface area contributed by atoms with E-state index in [1.54, 1.807) is 12.1 Å². The lowest BCUT2D eigenvalue weighted by Gasteiger charge is -2.32. The van der Waals surface area contributed by atoms with E-state index in [9.17, 15) is 10.1 Å². The van der Waals surface area contributed by atoms with Crippen LogP contribution in [-0.4, -0.2) is 53.0 Å². The van der Waals surface area contributed by atoms with Gasteiger partial charge in [0.25, 0.3) is 0 Å². The number of halogens is 1. The summed E-state index contributed by atoms with van der Waals surface area (Å²) in [5, 5.41) is 15.3. The molecular formula is C16H19ClN6O2. The Balaban J connectivity index is 1.98. The summed E-state index contributed by atoms with van der Waals surface area (Å²) < 4.78 is 0. The molecule has 0 radical (unpaired) electrons. The van der Waals surface area contributed by atoms with E-state index >= 15 is 0 Å². The molecule has 3 rings (SSSR count). The van der Waals surface area contributed by atoms with Gasteiger partial charge in [0.1, 0.15) is 6.33 Å². The van der Waals surface area contributed by atoms with Crippen LogP contribution in [0.25, 0.3) is 0 Å². The maximum absolute atomic E-state index is 11.7. The van der Waals surface area contributed by atoms with Crippen molar-refractivity contribution in [2.45, 2.75) is 6.92 Å². The number of aryl methyl sites for hydroxylation is 1. The van der Waals surface area contributed by atoms with E-state index in [0.29, 0.717) is 29.6 Å². The van der Waals surface area contributed by atoms with E-state index in [1.165, 1.54) is 6.33 Å². The Kier molecular flexibility index (Phi) is 5.00. The van der Waals surface area contributed by atoms with Crippen LogP contribution in [0.15, 0.2) is 24.5 Å². The molecule has 1 fully saturated rings. The molecule has 1 aromatic heterocycles. The first-order valence-electron chi connectivity index (χ1n) is 7.92. The van der Waals surface area contributed by atoms with Gasteiger partial charge in [-0.3, -0.25) is 10.1 Å². The second-order valence-electron chi connectivity index (χ2n) is 6.03. The van der Waals surface area contributed by atoms with Crippen LogP contribution in [-0.2, 0) is 0 Å². The highest BCUT2D eigenvalue weighted by molar-refractivity contribution is 6.30. The maximum atomic E-state index is 11.7. The summed E-state index contributed by atoms with van der Waals surface area (Å²) in [6.45, 7) is 4.93. The molecule has 0 atom stereocenters. The van der Waals surface area contributed by atoms with Crippen LogP contribution < -0.4 is 10.2 Å². The summed E-state index contributed by atoms with van der Waals surface area (Å²) >= 11 is 6.03. The predicted molar refractivity (Wildman–Crippen MR) is 97.9 cm³/mol. The van der Waals surface area contributed by atoms with E-state index < -0.39 is 4.92 Å². The largest absolute Gasteiger partial charge is 0.353 e. The molecule has 2 aromatic rings. The minimum Gasteiger partial charge on any atom is -0.348 e. The van der Waals surface area contributed by atoms with Crippen LogP contribution in [0.5, 0.6) is 0 Å². The van der Waals surface area contributed by atoms with Gasteiger partial charge in [-0.1, -0.05) is 17.7 Å². The Morgan fingerprint density at radius 1 is 1.24 bits per heavy atom. The van der Waals surface area contributed by atoms with Gasteiger partial charge in [0.15, 0.2) is 0 Å². The highest BCUT2D eigenvalue weighted by Gasteiger charge is 2.28. The van der Waals surface area contributed by atoms with Gasteiger partial charge in [-0.15, -0.1) is 0 Å². The Hall–Kier alpha value is -2.45. The summed E-state index contributed by atoms with van der Waals surface area (Å²) in [4.78, 5) is 23.7. The topological polar surface area (TPSA) is 87.4 Å². The third-order valence-corrected chi connectivity index (χ3v) is 4.48. The monoisotopic (exact) mass is 362 g/mol. The normalized spacial score (nSPS) is 15.2. The molecule has 0 bridgehead atoms. The lowest BCUT2D eigenvalue weighted by Crippen LogP contribution is -2.45. The highest BCUT2D eigenvalue weighted by atomic mass is 35.5. The van der Waals surface area contributed by atoms with Crippen molar-refractivity contribution >= 4 is 34.6 Å². The fourth-order valence-corrected chi connectivity index (χ4v) is 2.91. The minimum absolute atomic E-state index is 0.119. The molecule has 0 saturated carbocycles. The molecular weight excluding hydrogens is 344 g/mol. The molecule has 1 aliphatic heterocycles. The van der Waals surface area contributed by atoms with Crippen molar-refractivity contribution in [1.29, 1.82) is 0 Å². The van der Waals surface area contributed by atoms with Gasteiger partial charge in [-0.05, 0) is 31.7 Å². The molecule has 1 aliphatic rings. The van der Waals surface area contributed by atoms with Crippen LogP contribution in [0, 0.1) is 17.0 Å². The van der Waals surface area contributed by atoms with Gasteiger partial charge < -0.3 is 15.1 Å². The summed E-state index contributed by atoms with van der Waals surface area (Å²) in [7, 11) is 2.03. The summed E-state index contributed by atoms with van der Waals surface area (Å²) in [5.74, 6) is 0.509. The Labute approximate surface area is 150 Å². The van der Waals surface area contributed by atoms with Crippen LogP contribution in [0.4, 0.5) is 23.0 Å². The lowest BCUT2D eigenvalue weighted by molar-refractivity contribution is -0.383. The molecule has 25 heavy (non-hydrogen) atoms. The fraction of sp³-hybridized carbons (Fsp3) is 0.375. The van der Waals surface area contributed by atoms with Crippen molar-refractivity contribution in [2.75, 3.05) is 43.4 Å². The van der Waals surface area contributed by atoms with Gasteiger partial charge in [0, 0.05) is 36.9 Å². The number of aromatic nitrogens is 2. The van der Waals surface area contributed by atoms with Gasteiger partial charge in [0.2, 0.25) is 11.6 Å². The van der Waals surface area contributed by atoms with Crippen LogP contribution >= 0.6 is 11.6 Å². The van der Waals surface area contributed by atoms with Crippen LogP contribution in [0.1, 0.15) is 5.56 Å². The van der Waals surface area contributed by atoms with Gasteiger partial charge in [-0.25, -0.2) is 9.97 Å².